The number of rotatable bonds is 7. The Morgan fingerprint density at radius 2 is 1.87 bits per heavy atom. The number of methoxy groups -OCH3 is 1. The van der Waals surface area contributed by atoms with Gasteiger partial charge in [-0.15, -0.1) is 0 Å². The molecule has 2 N–H and O–H groups in total. The van der Waals surface area contributed by atoms with Gasteiger partial charge in [-0.3, -0.25) is 14.9 Å². The number of nitrogens with one attached hydrogen (secondary N) is 2. The van der Waals surface area contributed by atoms with E-state index in [4.69, 9.17) is 9.47 Å². The molecule has 0 saturated carbocycles. The summed E-state index contributed by atoms with van der Waals surface area (Å²) >= 11 is 0. The smallest absolute Gasteiger partial charge is 0.321 e. The summed E-state index contributed by atoms with van der Waals surface area (Å²) in [5.74, 6) is -0.414. The minimum Gasteiger partial charge on any atom is -0.496 e. The average molecular weight is 322 g/mol. The molecule has 126 valence electrons. The Morgan fingerprint density at radius 3 is 2.52 bits per heavy atom. The topological polar surface area (TPSA) is 93.7 Å². The van der Waals surface area contributed by atoms with Gasteiger partial charge < -0.3 is 14.8 Å². The third kappa shape index (κ3) is 7.30. The van der Waals surface area contributed by atoms with Crippen molar-refractivity contribution in [3.63, 3.8) is 0 Å². The van der Waals surface area contributed by atoms with E-state index in [1.165, 1.54) is 7.11 Å². The summed E-state index contributed by atoms with van der Waals surface area (Å²) in [6, 6.07) is 6.42. The van der Waals surface area contributed by atoms with Crippen LogP contribution in [0.2, 0.25) is 0 Å². The highest BCUT2D eigenvalue weighted by Crippen LogP contribution is 2.17. The van der Waals surface area contributed by atoms with Gasteiger partial charge >= 0.3 is 12.0 Å². The van der Waals surface area contributed by atoms with E-state index in [0.717, 1.165) is 0 Å². The quantitative estimate of drug-likeness (QED) is 0.737. The summed E-state index contributed by atoms with van der Waals surface area (Å²) < 4.78 is 9.98. The van der Waals surface area contributed by atoms with Crippen LogP contribution in [-0.4, -0.2) is 38.2 Å². The predicted octanol–water partition coefficient (Wildman–Crippen LogP) is 1.26. The van der Waals surface area contributed by atoms with Crippen LogP contribution in [0, 0.1) is 5.92 Å². The van der Waals surface area contributed by atoms with E-state index >= 15 is 0 Å². The molecule has 0 atom stereocenters. The molecule has 7 nitrogen and oxygen atoms in total. The molecule has 0 aliphatic heterocycles. The summed E-state index contributed by atoms with van der Waals surface area (Å²) in [6.45, 7) is 3.80. The van der Waals surface area contributed by atoms with E-state index in [9.17, 15) is 14.4 Å². The summed E-state index contributed by atoms with van der Waals surface area (Å²) in [7, 11) is 1.51. The van der Waals surface area contributed by atoms with Crippen LogP contribution in [0.25, 0.3) is 0 Å². The summed E-state index contributed by atoms with van der Waals surface area (Å²) in [5, 5.41) is 4.61. The first-order chi connectivity index (χ1) is 10.9. The first kappa shape index (κ1) is 18.5. The second-order valence-electron chi connectivity index (χ2n) is 5.30. The van der Waals surface area contributed by atoms with Crippen molar-refractivity contribution < 1.29 is 23.9 Å². The molecule has 0 heterocycles. The molecule has 1 rings (SSSR count). The number of carbonyl (C=O) groups excluding carboxylic acids is 3. The molecule has 0 fully saturated rings. The molecule has 0 saturated heterocycles. The lowest BCUT2D eigenvalue weighted by Gasteiger charge is -2.10. The molecule has 23 heavy (non-hydrogen) atoms. The van der Waals surface area contributed by atoms with E-state index in [-0.39, 0.29) is 12.3 Å². The van der Waals surface area contributed by atoms with Crippen LogP contribution in [0.15, 0.2) is 24.3 Å². The molecule has 1 aromatic carbocycles. The number of carbonyl (C=O) groups is 3. The first-order valence-corrected chi connectivity index (χ1v) is 7.27. The van der Waals surface area contributed by atoms with E-state index in [2.05, 4.69) is 10.6 Å². The maximum absolute atomic E-state index is 11.7. The Hall–Kier alpha value is -2.57. The van der Waals surface area contributed by atoms with Gasteiger partial charge in [-0.2, -0.15) is 0 Å². The van der Waals surface area contributed by atoms with Crippen molar-refractivity contribution in [3.05, 3.63) is 29.8 Å². The van der Waals surface area contributed by atoms with Crippen LogP contribution in [0.3, 0.4) is 0 Å². The molecule has 7 heteroatoms. The fourth-order valence-electron chi connectivity index (χ4n) is 1.71. The number of ether oxygens (including phenoxy) is 2. The van der Waals surface area contributed by atoms with Gasteiger partial charge in [0.25, 0.3) is 5.91 Å². The SMILES string of the molecule is COc1ccccc1CC(=O)OCC(=O)NC(=O)NCC(C)C. The summed E-state index contributed by atoms with van der Waals surface area (Å²) in [5.41, 5.74) is 0.662. The van der Waals surface area contributed by atoms with Gasteiger partial charge in [-0.25, -0.2) is 4.79 Å². The number of amides is 3. The van der Waals surface area contributed by atoms with E-state index in [0.29, 0.717) is 17.9 Å². The zero-order valence-electron chi connectivity index (χ0n) is 13.5. The maximum atomic E-state index is 11.7. The monoisotopic (exact) mass is 322 g/mol. The summed E-state index contributed by atoms with van der Waals surface area (Å²) in [6.07, 6.45) is -0.0170. The van der Waals surface area contributed by atoms with Crippen LogP contribution in [0.4, 0.5) is 4.79 Å². The number of imide groups is 1. The highest BCUT2D eigenvalue weighted by Gasteiger charge is 2.13. The maximum Gasteiger partial charge on any atom is 0.321 e. The molecular formula is C16H22N2O5. The largest absolute Gasteiger partial charge is 0.496 e. The van der Waals surface area contributed by atoms with Crippen LogP contribution >= 0.6 is 0 Å². The highest BCUT2D eigenvalue weighted by atomic mass is 16.5. The number of para-hydroxylation sites is 1. The molecule has 0 radical (unpaired) electrons. The Labute approximate surface area is 135 Å². The van der Waals surface area contributed by atoms with Gasteiger partial charge in [-0.1, -0.05) is 32.0 Å². The number of benzene rings is 1. The highest BCUT2D eigenvalue weighted by molar-refractivity contribution is 5.95. The second kappa shape index (κ2) is 9.45. The Bertz CT molecular complexity index is 557. The van der Waals surface area contributed by atoms with Crippen molar-refractivity contribution in [2.24, 2.45) is 5.92 Å². The Morgan fingerprint density at radius 1 is 1.17 bits per heavy atom. The predicted molar refractivity (Wildman–Crippen MR) is 84.0 cm³/mol. The van der Waals surface area contributed by atoms with Gasteiger partial charge in [0.05, 0.1) is 13.5 Å². The first-order valence-electron chi connectivity index (χ1n) is 7.27. The van der Waals surface area contributed by atoms with Crippen LogP contribution in [-0.2, 0) is 20.7 Å². The summed E-state index contributed by atoms with van der Waals surface area (Å²) in [4.78, 5) is 34.6. The Balaban J connectivity index is 2.35. The average Bonchev–Trinajstić information content (AvgIpc) is 2.51. The van der Waals surface area contributed by atoms with E-state index in [1.54, 1.807) is 24.3 Å². The molecule has 0 bridgehead atoms. The van der Waals surface area contributed by atoms with Crippen molar-refractivity contribution in [3.8, 4) is 5.75 Å². The van der Waals surface area contributed by atoms with Crippen LogP contribution < -0.4 is 15.4 Å². The molecule has 0 aliphatic rings. The zero-order chi connectivity index (χ0) is 17.2. The minimum absolute atomic E-state index is 0.0170. The molecular weight excluding hydrogens is 300 g/mol. The van der Waals surface area contributed by atoms with Crippen molar-refractivity contribution in [2.45, 2.75) is 20.3 Å². The molecule has 0 aromatic heterocycles. The normalized spacial score (nSPS) is 10.1. The fraction of sp³-hybridized carbons (Fsp3) is 0.438. The fourth-order valence-corrected chi connectivity index (χ4v) is 1.71. The lowest BCUT2D eigenvalue weighted by molar-refractivity contribution is -0.147. The number of hydrogen-bond acceptors (Lipinski definition) is 5. The molecule has 0 unspecified atom stereocenters. The van der Waals surface area contributed by atoms with Gasteiger partial charge in [0.15, 0.2) is 6.61 Å². The van der Waals surface area contributed by atoms with E-state index in [1.807, 2.05) is 13.8 Å². The lowest BCUT2D eigenvalue weighted by Crippen LogP contribution is -2.42. The van der Waals surface area contributed by atoms with Crippen molar-refractivity contribution >= 4 is 17.9 Å². The van der Waals surface area contributed by atoms with Gasteiger partial charge in [0.2, 0.25) is 0 Å². The molecule has 0 spiro atoms. The lowest BCUT2D eigenvalue weighted by atomic mass is 10.1. The third-order valence-corrected chi connectivity index (χ3v) is 2.82. The molecule has 3 amide bonds. The van der Waals surface area contributed by atoms with Crippen LogP contribution in [0.5, 0.6) is 5.75 Å². The molecule has 0 aliphatic carbocycles. The minimum atomic E-state index is -0.681. The van der Waals surface area contributed by atoms with E-state index < -0.39 is 24.5 Å². The number of esters is 1. The van der Waals surface area contributed by atoms with Crippen LogP contribution in [0.1, 0.15) is 19.4 Å². The zero-order valence-corrected chi connectivity index (χ0v) is 13.5. The van der Waals surface area contributed by atoms with Crippen molar-refractivity contribution in [1.29, 1.82) is 0 Å². The van der Waals surface area contributed by atoms with Gasteiger partial charge in [0.1, 0.15) is 5.75 Å². The van der Waals surface area contributed by atoms with Crippen molar-refractivity contribution in [1.82, 2.24) is 10.6 Å². The van der Waals surface area contributed by atoms with Gasteiger partial charge in [0, 0.05) is 12.1 Å². The third-order valence-electron chi connectivity index (χ3n) is 2.82. The number of hydrogen-bond donors (Lipinski definition) is 2. The Kier molecular flexibility index (Phi) is 7.59. The second-order valence-corrected chi connectivity index (χ2v) is 5.30. The van der Waals surface area contributed by atoms with Gasteiger partial charge in [-0.05, 0) is 12.0 Å². The van der Waals surface area contributed by atoms with Crippen molar-refractivity contribution in [2.75, 3.05) is 20.3 Å². The number of urea groups is 1. The standard InChI is InChI=1S/C16H22N2O5/c1-11(2)9-17-16(21)18-14(19)10-23-15(20)8-12-6-4-5-7-13(12)22-3/h4-7,11H,8-10H2,1-3H3,(H2,17,18,19,21). The molecule has 1 aromatic rings.